The Morgan fingerprint density at radius 1 is 1.44 bits per heavy atom. The first-order valence-corrected chi connectivity index (χ1v) is 3.89. The molecule has 8 heteroatoms. The number of carboxylic acid groups (broad SMARTS) is 1. The van der Waals surface area contributed by atoms with Crippen LogP contribution in [0.5, 0.6) is 5.88 Å². The van der Waals surface area contributed by atoms with E-state index >= 15 is 0 Å². The second-order valence-corrected chi connectivity index (χ2v) is 2.70. The van der Waals surface area contributed by atoms with Crippen molar-refractivity contribution < 1.29 is 32.2 Å². The number of halogens is 4. The second kappa shape index (κ2) is 4.33. The Labute approximate surface area is 86.5 Å². The van der Waals surface area contributed by atoms with Crippen molar-refractivity contribution in [2.45, 2.75) is 6.18 Å². The Bertz CT molecular complexity index is 405. The van der Waals surface area contributed by atoms with E-state index in [2.05, 4.69) is 9.72 Å². The monoisotopic (exact) mass is 239 g/mol. The molecule has 1 aromatic rings. The van der Waals surface area contributed by atoms with Crippen molar-refractivity contribution >= 4 is 5.97 Å². The molecule has 0 aliphatic carbocycles. The maximum atomic E-state index is 12.9. The molecule has 0 atom stereocenters. The van der Waals surface area contributed by atoms with E-state index in [9.17, 15) is 22.4 Å². The highest BCUT2D eigenvalue weighted by atomic mass is 19.4. The summed E-state index contributed by atoms with van der Waals surface area (Å²) in [5.74, 6) is -3.58. The van der Waals surface area contributed by atoms with E-state index in [0.29, 0.717) is 0 Å². The number of rotatable bonds is 3. The number of carboxylic acids is 1. The lowest BCUT2D eigenvalue weighted by Gasteiger charge is -2.08. The summed E-state index contributed by atoms with van der Waals surface area (Å²) in [6.45, 7) is -1.62. The zero-order valence-corrected chi connectivity index (χ0v) is 7.58. The first-order valence-electron chi connectivity index (χ1n) is 3.89. The van der Waals surface area contributed by atoms with Gasteiger partial charge in [0, 0.05) is 6.07 Å². The van der Waals surface area contributed by atoms with Crippen LogP contribution in [0.2, 0.25) is 0 Å². The van der Waals surface area contributed by atoms with E-state index in [1.54, 1.807) is 0 Å². The summed E-state index contributed by atoms with van der Waals surface area (Å²) in [6, 6.07) is 1.62. The molecule has 1 aromatic heterocycles. The van der Waals surface area contributed by atoms with Crippen molar-refractivity contribution in [3.8, 4) is 5.88 Å². The van der Waals surface area contributed by atoms with Gasteiger partial charge in [-0.2, -0.15) is 22.5 Å². The summed E-state index contributed by atoms with van der Waals surface area (Å²) < 4.78 is 52.1. The smallest absolute Gasteiger partial charge is 0.422 e. The standard InChI is InChI=1S/C8H5F4NO3/c9-6-4(7(14)15)1-2-5(13-6)16-3-8(10,11)12/h1-2H,3H2,(H,14,15). The van der Waals surface area contributed by atoms with Crippen molar-refractivity contribution in [2.75, 3.05) is 6.61 Å². The minimum absolute atomic E-state index is 0.625. The van der Waals surface area contributed by atoms with E-state index < -0.39 is 36.1 Å². The molecule has 0 fully saturated rings. The Balaban J connectivity index is 2.78. The lowest BCUT2D eigenvalue weighted by Crippen LogP contribution is -2.20. The topological polar surface area (TPSA) is 59.4 Å². The number of pyridine rings is 1. The number of hydrogen-bond acceptors (Lipinski definition) is 3. The molecule has 0 amide bonds. The maximum Gasteiger partial charge on any atom is 0.422 e. The number of carbonyl (C=O) groups is 1. The molecule has 0 aliphatic rings. The van der Waals surface area contributed by atoms with Gasteiger partial charge in [-0.15, -0.1) is 0 Å². The van der Waals surface area contributed by atoms with Crippen LogP contribution in [-0.2, 0) is 0 Å². The van der Waals surface area contributed by atoms with E-state index in [4.69, 9.17) is 5.11 Å². The molecule has 0 radical (unpaired) electrons. The van der Waals surface area contributed by atoms with Crippen LogP contribution in [0.25, 0.3) is 0 Å². The van der Waals surface area contributed by atoms with Gasteiger partial charge < -0.3 is 9.84 Å². The number of nitrogens with zero attached hydrogens (tertiary/aromatic N) is 1. The van der Waals surface area contributed by atoms with Crippen LogP contribution in [0.1, 0.15) is 10.4 Å². The Morgan fingerprint density at radius 3 is 2.50 bits per heavy atom. The molecular weight excluding hydrogens is 234 g/mol. The van der Waals surface area contributed by atoms with Crippen LogP contribution in [-0.4, -0.2) is 28.8 Å². The van der Waals surface area contributed by atoms with E-state index in [1.165, 1.54) is 0 Å². The van der Waals surface area contributed by atoms with Gasteiger partial charge >= 0.3 is 12.1 Å². The largest absolute Gasteiger partial charge is 0.478 e. The van der Waals surface area contributed by atoms with Gasteiger partial charge in [0.05, 0.1) is 0 Å². The van der Waals surface area contributed by atoms with Crippen LogP contribution in [0.15, 0.2) is 12.1 Å². The average molecular weight is 239 g/mol. The molecule has 88 valence electrons. The van der Waals surface area contributed by atoms with Gasteiger partial charge in [0.15, 0.2) is 6.61 Å². The van der Waals surface area contributed by atoms with Gasteiger partial charge in [0.1, 0.15) is 5.56 Å². The van der Waals surface area contributed by atoms with Gasteiger partial charge in [-0.1, -0.05) is 0 Å². The zero-order chi connectivity index (χ0) is 12.3. The predicted molar refractivity (Wildman–Crippen MR) is 42.7 cm³/mol. The summed E-state index contributed by atoms with van der Waals surface area (Å²) in [6.07, 6.45) is -4.57. The molecule has 0 aliphatic heterocycles. The van der Waals surface area contributed by atoms with Crippen molar-refractivity contribution in [1.82, 2.24) is 4.98 Å². The van der Waals surface area contributed by atoms with E-state index in [-0.39, 0.29) is 0 Å². The van der Waals surface area contributed by atoms with Crippen molar-refractivity contribution in [3.63, 3.8) is 0 Å². The fourth-order valence-electron chi connectivity index (χ4n) is 0.813. The molecule has 4 nitrogen and oxygen atoms in total. The SMILES string of the molecule is O=C(O)c1ccc(OCC(F)(F)F)nc1F. The van der Waals surface area contributed by atoms with Crippen molar-refractivity contribution in [3.05, 3.63) is 23.6 Å². The summed E-state index contributed by atoms with van der Waals surface area (Å²) in [5, 5.41) is 8.41. The molecule has 1 N–H and O–H groups in total. The summed E-state index contributed by atoms with van der Waals surface area (Å²) in [5.41, 5.74) is -0.737. The molecule has 0 spiro atoms. The molecule has 0 saturated heterocycles. The molecule has 0 saturated carbocycles. The third kappa shape index (κ3) is 3.37. The molecular formula is C8H5F4NO3. The number of alkyl halides is 3. The van der Waals surface area contributed by atoms with Gasteiger partial charge in [0.2, 0.25) is 11.8 Å². The molecule has 1 heterocycles. The predicted octanol–water partition coefficient (Wildman–Crippen LogP) is 1.86. The van der Waals surface area contributed by atoms with Crippen molar-refractivity contribution in [2.24, 2.45) is 0 Å². The van der Waals surface area contributed by atoms with Crippen LogP contribution in [0.4, 0.5) is 17.6 Å². The summed E-state index contributed by atoms with van der Waals surface area (Å²) in [4.78, 5) is 13.3. The van der Waals surface area contributed by atoms with E-state index in [0.717, 1.165) is 12.1 Å². The van der Waals surface area contributed by atoms with Crippen LogP contribution < -0.4 is 4.74 Å². The van der Waals surface area contributed by atoms with Crippen LogP contribution in [0, 0.1) is 5.95 Å². The number of aromatic carboxylic acids is 1. The highest BCUT2D eigenvalue weighted by molar-refractivity contribution is 5.87. The summed E-state index contributed by atoms with van der Waals surface area (Å²) >= 11 is 0. The molecule has 0 unspecified atom stereocenters. The van der Waals surface area contributed by atoms with E-state index in [1.807, 2.05) is 0 Å². The Morgan fingerprint density at radius 2 is 2.06 bits per heavy atom. The first kappa shape index (κ1) is 12.2. The molecule has 16 heavy (non-hydrogen) atoms. The summed E-state index contributed by atoms with van der Waals surface area (Å²) in [7, 11) is 0. The fourth-order valence-corrected chi connectivity index (χ4v) is 0.813. The van der Waals surface area contributed by atoms with Crippen LogP contribution in [0.3, 0.4) is 0 Å². The molecule has 0 aromatic carbocycles. The average Bonchev–Trinajstić information content (AvgIpc) is 2.13. The van der Waals surface area contributed by atoms with Crippen molar-refractivity contribution in [1.29, 1.82) is 0 Å². The van der Waals surface area contributed by atoms with Gasteiger partial charge in [-0.25, -0.2) is 4.79 Å². The maximum absolute atomic E-state index is 12.9. The number of aromatic nitrogens is 1. The Kier molecular flexibility index (Phi) is 3.31. The lowest BCUT2D eigenvalue weighted by molar-refractivity contribution is -0.154. The second-order valence-electron chi connectivity index (χ2n) is 2.70. The highest BCUT2D eigenvalue weighted by Crippen LogP contribution is 2.18. The highest BCUT2D eigenvalue weighted by Gasteiger charge is 2.28. The Hall–Kier alpha value is -1.86. The quantitative estimate of drug-likeness (QED) is 0.646. The van der Waals surface area contributed by atoms with Gasteiger partial charge in [-0.3, -0.25) is 0 Å². The number of hydrogen-bond donors (Lipinski definition) is 1. The zero-order valence-electron chi connectivity index (χ0n) is 7.58. The third-order valence-corrected chi connectivity index (χ3v) is 1.44. The normalized spacial score (nSPS) is 11.2. The number of ether oxygens (including phenoxy) is 1. The molecule has 0 bridgehead atoms. The van der Waals surface area contributed by atoms with Gasteiger partial charge in [-0.05, 0) is 6.07 Å². The molecule has 1 rings (SSSR count). The van der Waals surface area contributed by atoms with Crippen LogP contribution >= 0.6 is 0 Å². The van der Waals surface area contributed by atoms with Gasteiger partial charge in [0.25, 0.3) is 0 Å². The fraction of sp³-hybridized carbons (Fsp3) is 0.250. The first-order chi connectivity index (χ1) is 7.29. The minimum atomic E-state index is -4.57. The minimum Gasteiger partial charge on any atom is -0.478 e. The lowest BCUT2D eigenvalue weighted by atomic mass is 10.3. The third-order valence-electron chi connectivity index (χ3n) is 1.44.